The Labute approximate surface area is 302 Å². The molecule has 0 aliphatic rings. The summed E-state index contributed by atoms with van der Waals surface area (Å²) in [5.41, 5.74) is 8.73. The number of para-hydroxylation sites is 3. The van der Waals surface area contributed by atoms with E-state index in [1.165, 1.54) is 32.4 Å². The van der Waals surface area contributed by atoms with Crippen LogP contribution in [0, 0.1) is 0 Å². The van der Waals surface area contributed by atoms with Crippen LogP contribution >= 0.6 is 0 Å². The Morgan fingerprint density at radius 1 is 0.415 bits per heavy atom. The van der Waals surface area contributed by atoms with Gasteiger partial charge in [-0.1, -0.05) is 127 Å². The third-order valence-electron chi connectivity index (χ3n) is 10.9. The molecule has 4 heterocycles. The van der Waals surface area contributed by atoms with Crippen LogP contribution in [0.3, 0.4) is 0 Å². The van der Waals surface area contributed by atoms with Crippen LogP contribution in [-0.4, -0.2) is 19.1 Å². The minimum atomic E-state index is 0.566. The molecule has 0 saturated carbocycles. The van der Waals surface area contributed by atoms with Crippen LogP contribution in [0.4, 0.5) is 0 Å². The van der Waals surface area contributed by atoms with E-state index in [0.29, 0.717) is 11.7 Å². The van der Waals surface area contributed by atoms with Crippen molar-refractivity contribution in [3.63, 3.8) is 0 Å². The van der Waals surface area contributed by atoms with Crippen molar-refractivity contribution in [1.82, 2.24) is 19.1 Å². The molecule has 53 heavy (non-hydrogen) atoms. The average molecular weight is 677 g/mol. The third kappa shape index (κ3) is 4.02. The summed E-state index contributed by atoms with van der Waals surface area (Å²) in [6.45, 7) is 0. The van der Waals surface area contributed by atoms with Gasteiger partial charge < -0.3 is 8.98 Å². The highest BCUT2D eigenvalue weighted by atomic mass is 16.3. The van der Waals surface area contributed by atoms with Crippen molar-refractivity contribution in [2.24, 2.45) is 0 Å². The lowest BCUT2D eigenvalue weighted by Crippen LogP contribution is -2.03. The minimum Gasteiger partial charge on any atom is -0.437 e. The first-order valence-corrected chi connectivity index (χ1v) is 17.9. The standard InChI is InChI=1S/C48H28N4O/c1-3-13-31-27-33(22-21-29(31)11-1)45-44-38-17-7-10-20-42(38)53-47(44)50-48(49-45)52-40-19-9-6-16-37(40)43-41(52)26-25-36-35-15-5-8-18-39(35)51(46(36)43)34-24-23-30-12-2-4-14-32(30)28-34/h1-28H. The Bertz CT molecular complexity index is 3470. The second-order valence-electron chi connectivity index (χ2n) is 13.8. The van der Waals surface area contributed by atoms with Gasteiger partial charge >= 0.3 is 0 Å². The number of furan rings is 1. The van der Waals surface area contributed by atoms with Crippen molar-refractivity contribution in [1.29, 1.82) is 0 Å². The molecule has 4 aromatic heterocycles. The molecule has 0 fully saturated rings. The van der Waals surface area contributed by atoms with Crippen LogP contribution in [-0.2, 0) is 0 Å². The van der Waals surface area contributed by atoms with Crippen LogP contribution in [0.15, 0.2) is 174 Å². The highest BCUT2D eigenvalue weighted by Gasteiger charge is 2.24. The van der Waals surface area contributed by atoms with Crippen molar-refractivity contribution >= 4 is 87.2 Å². The number of rotatable bonds is 3. The SMILES string of the molecule is c1ccc2cc(-c3nc(-n4c5ccccc5c5c4ccc4c6ccccc6n(-c6ccc7ccccc7c6)c45)nc4oc5ccccc5c34)ccc2c1. The molecule has 8 aromatic carbocycles. The molecule has 0 unspecified atom stereocenters. The van der Waals surface area contributed by atoms with Crippen LogP contribution in [0.5, 0.6) is 0 Å². The Kier molecular flexibility index (Phi) is 5.71. The molecular formula is C48H28N4O. The maximum Gasteiger partial charge on any atom is 0.238 e. The molecule has 0 saturated heterocycles. The Balaban J connectivity index is 1.21. The smallest absolute Gasteiger partial charge is 0.238 e. The lowest BCUT2D eigenvalue weighted by atomic mass is 10.0. The van der Waals surface area contributed by atoms with Crippen LogP contribution in [0.1, 0.15) is 0 Å². The van der Waals surface area contributed by atoms with Crippen molar-refractivity contribution in [3.05, 3.63) is 170 Å². The fourth-order valence-corrected chi connectivity index (χ4v) is 8.57. The second kappa shape index (κ2) is 10.6. The summed E-state index contributed by atoms with van der Waals surface area (Å²) in [4.78, 5) is 10.7. The van der Waals surface area contributed by atoms with Crippen LogP contribution < -0.4 is 0 Å². The Morgan fingerprint density at radius 2 is 1.06 bits per heavy atom. The lowest BCUT2D eigenvalue weighted by Gasteiger charge is -2.11. The maximum absolute atomic E-state index is 6.52. The second-order valence-corrected chi connectivity index (χ2v) is 13.8. The first-order chi connectivity index (χ1) is 26.3. The van der Waals surface area contributed by atoms with Gasteiger partial charge in [0.1, 0.15) is 5.58 Å². The number of nitrogens with zero attached hydrogens (tertiary/aromatic N) is 4. The monoisotopic (exact) mass is 676 g/mol. The normalized spacial score (nSPS) is 12.2. The van der Waals surface area contributed by atoms with Gasteiger partial charge in [-0.15, -0.1) is 0 Å². The third-order valence-corrected chi connectivity index (χ3v) is 10.9. The zero-order chi connectivity index (χ0) is 34.6. The molecule has 0 amide bonds. The molecule has 12 rings (SSSR count). The van der Waals surface area contributed by atoms with Crippen molar-refractivity contribution in [3.8, 4) is 22.9 Å². The van der Waals surface area contributed by atoms with E-state index in [4.69, 9.17) is 14.4 Å². The quantitative estimate of drug-likeness (QED) is 0.187. The number of hydrogen-bond acceptors (Lipinski definition) is 3. The predicted molar refractivity (Wildman–Crippen MR) is 218 cm³/mol. The Morgan fingerprint density at radius 3 is 1.87 bits per heavy atom. The maximum atomic E-state index is 6.52. The van der Waals surface area contributed by atoms with Gasteiger partial charge in [0.05, 0.1) is 33.1 Å². The van der Waals surface area contributed by atoms with Crippen LogP contribution in [0.2, 0.25) is 0 Å². The van der Waals surface area contributed by atoms with E-state index >= 15 is 0 Å². The van der Waals surface area contributed by atoms with E-state index < -0.39 is 0 Å². The fraction of sp³-hybridized carbons (Fsp3) is 0. The fourth-order valence-electron chi connectivity index (χ4n) is 8.57. The molecule has 0 aliphatic carbocycles. The summed E-state index contributed by atoms with van der Waals surface area (Å²) in [6.07, 6.45) is 0. The summed E-state index contributed by atoms with van der Waals surface area (Å²) in [5, 5.41) is 11.4. The molecule has 0 radical (unpaired) electrons. The largest absolute Gasteiger partial charge is 0.437 e. The molecule has 12 aromatic rings. The van der Waals surface area contributed by atoms with Crippen molar-refractivity contribution in [2.45, 2.75) is 0 Å². The van der Waals surface area contributed by atoms with Gasteiger partial charge in [-0.3, -0.25) is 4.57 Å². The van der Waals surface area contributed by atoms with Gasteiger partial charge in [0, 0.05) is 38.2 Å². The predicted octanol–water partition coefficient (Wildman–Crippen LogP) is 12.5. The number of aromatic nitrogens is 4. The van der Waals surface area contributed by atoms with Gasteiger partial charge in [0.15, 0.2) is 0 Å². The summed E-state index contributed by atoms with van der Waals surface area (Å²) < 4.78 is 11.2. The van der Waals surface area contributed by atoms with Crippen molar-refractivity contribution < 1.29 is 4.42 Å². The van der Waals surface area contributed by atoms with Gasteiger partial charge in [-0.25, -0.2) is 4.98 Å². The van der Waals surface area contributed by atoms with Crippen molar-refractivity contribution in [2.75, 3.05) is 0 Å². The molecule has 0 bridgehead atoms. The van der Waals surface area contributed by atoms with E-state index in [9.17, 15) is 0 Å². The zero-order valence-corrected chi connectivity index (χ0v) is 28.4. The first kappa shape index (κ1) is 28.5. The van der Waals surface area contributed by atoms with E-state index in [0.717, 1.165) is 66.0 Å². The molecule has 5 heteroatoms. The summed E-state index contributed by atoms with van der Waals surface area (Å²) in [7, 11) is 0. The van der Waals surface area contributed by atoms with Gasteiger partial charge in [0.2, 0.25) is 11.7 Å². The molecule has 0 atom stereocenters. The highest BCUT2D eigenvalue weighted by Crippen LogP contribution is 2.43. The van der Waals surface area contributed by atoms with Gasteiger partial charge in [-0.2, -0.15) is 4.98 Å². The van der Waals surface area contributed by atoms with E-state index in [1.807, 2.05) is 18.2 Å². The number of hydrogen-bond donors (Lipinski definition) is 0. The van der Waals surface area contributed by atoms with E-state index in [1.54, 1.807) is 0 Å². The lowest BCUT2D eigenvalue weighted by molar-refractivity contribution is 0.651. The molecule has 0 spiro atoms. The van der Waals surface area contributed by atoms with Gasteiger partial charge in [0.25, 0.3) is 0 Å². The molecule has 5 nitrogen and oxygen atoms in total. The first-order valence-electron chi connectivity index (χ1n) is 17.9. The zero-order valence-electron chi connectivity index (χ0n) is 28.4. The topological polar surface area (TPSA) is 48.8 Å². The molecular weight excluding hydrogens is 649 g/mol. The van der Waals surface area contributed by atoms with Gasteiger partial charge in [-0.05, 0) is 64.0 Å². The Hall–Kier alpha value is -7.24. The molecule has 0 aliphatic heterocycles. The van der Waals surface area contributed by atoms with E-state index in [-0.39, 0.29) is 0 Å². The highest BCUT2D eigenvalue weighted by molar-refractivity contribution is 6.26. The van der Waals surface area contributed by atoms with Crippen LogP contribution in [0.25, 0.3) is 110 Å². The summed E-state index contributed by atoms with van der Waals surface area (Å²) in [5.74, 6) is 0.568. The number of benzene rings is 8. The summed E-state index contributed by atoms with van der Waals surface area (Å²) >= 11 is 0. The molecule has 0 N–H and O–H groups in total. The average Bonchev–Trinajstić information content (AvgIpc) is 3.88. The minimum absolute atomic E-state index is 0.566. The van der Waals surface area contributed by atoms with E-state index in [2.05, 4.69) is 161 Å². The number of fused-ring (bicyclic) bond motifs is 12. The molecule has 246 valence electrons. The summed E-state index contributed by atoms with van der Waals surface area (Å²) in [6, 6.07) is 60.3.